The lowest BCUT2D eigenvalue weighted by Gasteiger charge is -2.13. The largest absolute Gasteiger partial charge is 0.387 e. The fourth-order valence-corrected chi connectivity index (χ4v) is 3.48. The summed E-state index contributed by atoms with van der Waals surface area (Å²) in [6.07, 6.45) is 4.92. The monoisotopic (exact) mass is 289 g/mol. The van der Waals surface area contributed by atoms with E-state index < -0.39 is 10.0 Å². The Bertz CT molecular complexity index is 477. The molecule has 0 aliphatic rings. The lowest BCUT2D eigenvalue weighted by Crippen LogP contribution is -2.29. The van der Waals surface area contributed by atoms with Gasteiger partial charge in [0.05, 0.1) is 5.69 Å². The van der Waals surface area contributed by atoms with E-state index in [4.69, 9.17) is 0 Å². The van der Waals surface area contributed by atoms with E-state index in [0.717, 1.165) is 5.75 Å². The number of anilines is 1. The van der Waals surface area contributed by atoms with E-state index in [1.165, 1.54) is 6.20 Å². The summed E-state index contributed by atoms with van der Waals surface area (Å²) in [7, 11) is -1.82. The summed E-state index contributed by atoms with van der Waals surface area (Å²) >= 11 is 1.70. The van der Waals surface area contributed by atoms with Crippen LogP contribution in [0, 0.1) is 5.92 Å². The molecule has 0 bridgehead atoms. The summed E-state index contributed by atoms with van der Waals surface area (Å²) in [6.45, 7) is 2.45. The van der Waals surface area contributed by atoms with Gasteiger partial charge >= 0.3 is 0 Å². The molecule has 18 heavy (non-hydrogen) atoms. The second kappa shape index (κ2) is 6.96. The molecule has 1 aromatic heterocycles. The molecule has 7 heteroatoms. The van der Waals surface area contributed by atoms with Gasteiger partial charge in [0.1, 0.15) is 4.90 Å². The lowest BCUT2D eigenvalue weighted by molar-refractivity contribution is 0.562. The molecule has 0 aliphatic heterocycles. The maximum atomic E-state index is 12.1. The molecule has 0 saturated carbocycles. The van der Waals surface area contributed by atoms with Gasteiger partial charge in [-0.3, -0.25) is 4.98 Å². The fraction of sp³-hybridized carbons (Fsp3) is 0.545. The second-order valence-corrected chi connectivity index (χ2v) is 6.68. The average molecular weight is 289 g/mol. The first-order valence-electron chi connectivity index (χ1n) is 5.61. The Hall–Kier alpha value is -0.790. The van der Waals surface area contributed by atoms with E-state index in [-0.39, 0.29) is 4.90 Å². The Labute approximate surface area is 113 Å². The predicted octanol–water partition coefficient (Wildman–Crippen LogP) is 1.40. The van der Waals surface area contributed by atoms with Crippen LogP contribution in [0.25, 0.3) is 0 Å². The minimum Gasteiger partial charge on any atom is -0.387 e. The minimum atomic E-state index is -3.50. The minimum absolute atomic E-state index is 0.184. The van der Waals surface area contributed by atoms with Crippen molar-refractivity contribution < 1.29 is 8.42 Å². The van der Waals surface area contributed by atoms with E-state index in [0.29, 0.717) is 18.2 Å². The van der Waals surface area contributed by atoms with Gasteiger partial charge in [0.25, 0.3) is 0 Å². The van der Waals surface area contributed by atoms with Crippen molar-refractivity contribution in [2.24, 2.45) is 5.92 Å². The summed E-state index contributed by atoms with van der Waals surface area (Å²) in [5.41, 5.74) is 0.551. The van der Waals surface area contributed by atoms with Crippen molar-refractivity contribution in [1.29, 1.82) is 0 Å². The third-order valence-electron chi connectivity index (χ3n) is 2.42. The van der Waals surface area contributed by atoms with Crippen molar-refractivity contribution in [3.8, 4) is 0 Å². The highest BCUT2D eigenvalue weighted by Gasteiger charge is 2.18. The zero-order valence-electron chi connectivity index (χ0n) is 10.8. The number of thioether (sulfide) groups is 1. The predicted molar refractivity (Wildman–Crippen MR) is 76.5 cm³/mol. The van der Waals surface area contributed by atoms with Crippen molar-refractivity contribution in [1.82, 2.24) is 9.71 Å². The maximum absolute atomic E-state index is 12.1. The van der Waals surface area contributed by atoms with Crippen molar-refractivity contribution in [2.75, 3.05) is 30.9 Å². The first-order valence-corrected chi connectivity index (χ1v) is 8.49. The number of aromatic nitrogens is 1. The Balaban J connectivity index is 2.80. The van der Waals surface area contributed by atoms with Crippen molar-refractivity contribution in [3.63, 3.8) is 0 Å². The van der Waals surface area contributed by atoms with Gasteiger partial charge in [-0.05, 0) is 24.0 Å². The number of nitrogens with one attached hydrogen (secondary N) is 2. The highest BCUT2D eigenvalue weighted by molar-refractivity contribution is 7.98. The van der Waals surface area contributed by atoms with Gasteiger partial charge in [0, 0.05) is 26.0 Å². The molecule has 0 fully saturated rings. The number of hydrogen-bond donors (Lipinski definition) is 2. The normalized spacial score (nSPS) is 13.3. The zero-order valence-corrected chi connectivity index (χ0v) is 12.4. The molecule has 1 unspecified atom stereocenters. The molecule has 1 rings (SSSR count). The third kappa shape index (κ3) is 4.15. The Morgan fingerprint density at radius 1 is 1.50 bits per heavy atom. The van der Waals surface area contributed by atoms with Gasteiger partial charge in [0.2, 0.25) is 10.0 Å². The molecule has 102 valence electrons. The molecule has 5 nitrogen and oxygen atoms in total. The molecule has 1 atom stereocenters. The molecule has 0 aliphatic carbocycles. The first kappa shape index (κ1) is 15.3. The topological polar surface area (TPSA) is 71.1 Å². The van der Waals surface area contributed by atoms with E-state index in [9.17, 15) is 8.42 Å². The van der Waals surface area contributed by atoms with E-state index >= 15 is 0 Å². The van der Waals surface area contributed by atoms with Crippen LogP contribution in [0.5, 0.6) is 0 Å². The molecular weight excluding hydrogens is 270 g/mol. The second-order valence-electron chi connectivity index (χ2n) is 4.03. The van der Waals surface area contributed by atoms with Crippen LogP contribution in [0.3, 0.4) is 0 Å². The van der Waals surface area contributed by atoms with E-state index in [1.807, 2.05) is 13.2 Å². The quantitative estimate of drug-likeness (QED) is 0.794. The zero-order chi connectivity index (χ0) is 13.6. The van der Waals surface area contributed by atoms with Gasteiger partial charge < -0.3 is 5.32 Å². The molecule has 0 aromatic carbocycles. The Kier molecular flexibility index (Phi) is 5.90. The van der Waals surface area contributed by atoms with E-state index in [1.54, 1.807) is 31.1 Å². The highest BCUT2D eigenvalue weighted by Crippen LogP contribution is 2.18. The van der Waals surface area contributed by atoms with Gasteiger partial charge in [-0.25, -0.2) is 13.1 Å². The Morgan fingerprint density at radius 3 is 2.83 bits per heavy atom. The van der Waals surface area contributed by atoms with Crippen LogP contribution < -0.4 is 10.0 Å². The summed E-state index contributed by atoms with van der Waals surface area (Å²) in [6, 6.07) is 1.64. The maximum Gasteiger partial charge on any atom is 0.244 e. The van der Waals surface area contributed by atoms with Crippen molar-refractivity contribution in [3.05, 3.63) is 18.5 Å². The van der Waals surface area contributed by atoms with Gasteiger partial charge in [-0.1, -0.05) is 6.92 Å². The number of hydrogen-bond acceptors (Lipinski definition) is 5. The standard InChI is InChI=1S/C11H19N3O2S2/c1-9(8-17-3)6-14-18(15,16)11-7-13-5-4-10(11)12-2/h4-5,7,9,14H,6,8H2,1-3H3,(H,12,13). The van der Waals surface area contributed by atoms with Crippen molar-refractivity contribution in [2.45, 2.75) is 11.8 Å². The third-order valence-corrected chi connectivity index (χ3v) is 4.77. The van der Waals surface area contributed by atoms with Crippen LogP contribution in [0.1, 0.15) is 6.92 Å². The average Bonchev–Trinajstić information content (AvgIpc) is 2.37. The van der Waals surface area contributed by atoms with Crippen LogP contribution in [-0.2, 0) is 10.0 Å². The van der Waals surface area contributed by atoms with Gasteiger partial charge in [-0.15, -0.1) is 0 Å². The van der Waals surface area contributed by atoms with Crippen LogP contribution in [0.15, 0.2) is 23.4 Å². The van der Waals surface area contributed by atoms with Crippen molar-refractivity contribution >= 4 is 27.5 Å². The lowest BCUT2D eigenvalue weighted by atomic mass is 10.2. The van der Waals surface area contributed by atoms with Crippen LogP contribution in [-0.4, -0.2) is 39.0 Å². The molecule has 0 saturated heterocycles. The SMILES string of the molecule is CNc1ccncc1S(=O)(=O)NCC(C)CSC. The summed E-state index contributed by atoms with van der Waals surface area (Å²) in [5.74, 6) is 1.22. The molecular formula is C11H19N3O2S2. The van der Waals surface area contributed by atoms with Gasteiger partial charge in [0.15, 0.2) is 0 Å². The molecule has 1 heterocycles. The summed E-state index contributed by atoms with van der Waals surface area (Å²) < 4.78 is 26.9. The molecule has 2 N–H and O–H groups in total. The highest BCUT2D eigenvalue weighted by atomic mass is 32.2. The Morgan fingerprint density at radius 2 is 2.22 bits per heavy atom. The smallest absolute Gasteiger partial charge is 0.244 e. The summed E-state index contributed by atoms with van der Waals surface area (Å²) in [4.78, 5) is 4.04. The number of rotatable bonds is 7. The summed E-state index contributed by atoms with van der Waals surface area (Å²) in [5, 5.41) is 2.85. The fourth-order valence-electron chi connectivity index (χ4n) is 1.47. The number of sulfonamides is 1. The molecule has 1 aromatic rings. The first-order chi connectivity index (χ1) is 8.51. The molecule has 0 radical (unpaired) electrons. The van der Waals surface area contributed by atoms with Crippen LogP contribution in [0.4, 0.5) is 5.69 Å². The van der Waals surface area contributed by atoms with Crippen LogP contribution in [0.2, 0.25) is 0 Å². The van der Waals surface area contributed by atoms with Gasteiger partial charge in [-0.2, -0.15) is 11.8 Å². The van der Waals surface area contributed by atoms with Crippen LogP contribution >= 0.6 is 11.8 Å². The molecule has 0 spiro atoms. The molecule has 0 amide bonds. The number of pyridine rings is 1. The van der Waals surface area contributed by atoms with E-state index in [2.05, 4.69) is 15.0 Å². The number of nitrogens with zero attached hydrogens (tertiary/aromatic N) is 1.